The van der Waals surface area contributed by atoms with Crippen LogP contribution in [0.25, 0.3) is 0 Å². The van der Waals surface area contributed by atoms with Crippen LogP contribution in [-0.4, -0.2) is 78.6 Å². The molecule has 9 nitrogen and oxygen atoms in total. The highest BCUT2D eigenvalue weighted by atomic mass is 32.2. The molecule has 1 N–H and O–H groups in total. The fraction of sp³-hybridized carbons (Fsp3) is 0.423. The molecule has 0 spiro atoms. The van der Waals surface area contributed by atoms with Gasteiger partial charge in [0, 0.05) is 45.0 Å². The molecule has 2 aromatic rings. The van der Waals surface area contributed by atoms with Crippen LogP contribution in [0.4, 0.5) is 14.9 Å². The normalized spacial score (nSPS) is 19.4. The lowest BCUT2D eigenvalue weighted by Crippen LogP contribution is -2.51. The summed E-state index contributed by atoms with van der Waals surface area (Å²) in [6, 6.07) is 12.0. The van der Waals surface area contributed by atoms with Crippen LogP contribution < -0.4 is 5.32 Å². The number of benzene rings is 2. The fourth-order valence-electron chi connectivity index (χ4n) is 5.15. The number of carbonyl (C=O) groups excluding carboxylic acids is 3. The Morgan fingerprint density at radius 2 is 1.38 bits per heavy atom. The molecule has 3 heterocycles. The molecule has 0 saturated carbocycles. The SMILES string of the molecule is O=C(Nc1ccc(C2CCN(C(=O)C(=O)N3CCS(=O)(=O)CC3)CC2)cc1)N1Cc2ccc(F)cc2C1. The van der Waals surface area contributed by atoms with Gasteiger partial charge in [0.2, 0.25) is 0 Å². The van der Waals surface area contributed by atoms with Crippen molar-refractivity contribution in [2.75, 3.05) is 43.0 Å². The number of hydrogen-bond donors (Lipinski definition) is 1. The lowest BCUT2D eigenvalue weighted by Gasteiger charge is -2.34. The third-order valence-electron chi connectivity index (χ3n) is 7.41. The fourth-order valence-corrected chi connectivity index (χ4v) is 6.35. The van der Waals surface area contributed by atoms with E-state index in [2.05, 4.69) is 5.32 Å². The van der Waals surface area contributed by atoms with E-state index in [1.807, 2.05) is 24.3 Å². The Hall–Kier alpha value is -3.47. The number of likely N-dealkylation sites (tertiary alicyclic amines) is 1. The quantitative estimate of drug-likeness (QED) is 0.603. The summed E-state index contributed by atoms with van der Waals surface area (Å²) in [5, 5.41) is 2.89. The Kier molecular flexibility index (Phi) is 6.89. The van der Waals surface area contributed by atoms with Crippen LogP contribution in [0.5, 0.6) is 0 Å². The Morgan fingerprint density at radius 1 is 0.784 bits per heavy atom. The summed E-state index contributed by atoms with van der Waals surface area (Å²) < 4.78 is 36.6. The van der Waals surface area contributed by atoms with Crippen LogP contribution in [0.15, 0.2) is 42.5 Å². The molecule has 0 aliphatic carbocycles. The predicted molar refractivity (Wildman–Crippen MR) is 135 cm³/mol. The van der Waals surface area contributed by atoms with Crippen molar-refractivity contribution in [1.82, 2.24) is 14.7 Å². The average molecular weight is 529 g/mol. The smallest absolute Gasteiger partial charge is 0.322 e. The number of nitrogens with zero attached hydrogens (tertiary/aromatic N) is 3. The van der Waals surface area contributed by atoms with E-state index in [0.29, 0.717) is 44.7 Å². The molecule has 37 heavy (non-hydrogen) atoms. The summed E-state index contributed by atoms with van der Waals surface area (Å²) in [4.78, 5) is 42.4. The standard InChI is InChI=1S/C26H29FN4O5S/c27-22-4-1-20-16-31(17-21(20)15-22)26(34)28-23-5-2-18(3-6-23)19-7-9-29(10-8-19)24(32)25(33)30-11-13-37(35,36)14-12-30/h1-6,15,19H,7-14,16-17H2,(H,28,34). The van der Waals surface area contributed by atoms with Crippen LogP contribution in [0.3, 0.4) is 0 Å². The van der Waals surface area contributed by atoms with Crippen LogP contribution >= 0.6 is 0 Å². The zero-order valence-corrected chi connectivity index (χ0v) is 21.2. The Balaban J connectivity index is 1.10. The van der Waals surface area contributed by atoms with Gasteiger partial charge in [0.05, 0.1) is 11.5 Å². The second-order valence-corrected chi connectivity index (χ2v) is 12.1. The summed E-state index contributed by atoms with van der Waals surface area (Å²) in [6.07, 6.45) is 1.42. The summed E-state index contributed by atoms with van der Waals surface area (Å²) in [6.45, 7) is 1.85. The van der Waals surface area contributed by atoms with E-state index >= 15 is 0 Å². The van der Waals surface area contributed by atoms with Crippen molar-refractivity contribution in [2.45, 2.75) is 31.8 Å². The number of halogens is 1. The Bertz CT molecular complexity index is 1310. The van der Waals surface area contributed by atoms with Crippen molar-refractivity contribution in [2.24, 2.45) is 0 Å². The molecule has 0 aromatic heterocycles. The van der Waals surface area contributed by atoms with Crippen LogP contribution in [-0.2, 0) is 32.5 Å². The maximum Gasteiger partial charge on any atom is 0.322 e. The number of urea groups is 1. The van der Waals surface area contributed by atoms with Gasteiger partial charge in [0.15, 0.2) is 9.84 Å². The van der Waals surface area contributed by atoms with E-state index in [-0.39, 0.29) is 42.4 Å². The van der Waals surface area contributed by atoms with Crippen LogP contribution in [0.2, 0.25) is 0 Å². The van der Waals surface area contributed by atoms with Gasteiger partial charge in [-0.1, -0.05) is 18.2 Å². The van der Waals surface area contributed by atoms with E-state index < -0.39 is 21.7 Å². The van der Waals surface area contributed by atoms with E-state index in [1.54, 1.807) is 15.9 Å². The van der Waals surface area contributed by atoms with E-state index in [0.717, 1.165) is 16.7 Å². The molecular formula is C26H29FN4O5S. The van der Waals surface area contributed by atoms with Gasteiger partial charge in [-0.2, -0.15) is 0 Å². The number of rotatable bonds is 2. The van der Waals surface area contributed by atoms with E-state index in [4.69, 9.17) is 0 Å². The van der Waals surface area contributed by atoms with Gasteiger partial charge in [0.1, 0.15) is 5.82 Å². The van der Waals surface area contributed by atoms with Crippen molar-refractivity contribution in [3.8, 4) is 0 Å². The maximum atomic E-state index is 13.5. The van der Waals surface area contributed by atoms with Gasteiger partial charge in [-0.3, -0.25) is 9.59 Å². The first-order valence-electron chi connectivity index (χ1n) is 12.4. The number of piperidine rings is 1. The lowest BCUT2D eigenvalue weighted by atomic mass is 9.89. The third-order valence-corrected chi connectivity index (χ3v) is 9.02. The van der Waals surface area contributed by atoms with Gasteiger partial charge in [-0.25, -0.2) is 17.6 Å². The van der Waals surface area contributed by atoms with Crippen molar-refractivity contribution < 1.29 is 27.2 Å². The highest BCUT2D eigenvalue weighted by Gasteiger charge is 2.33. The second kappa shape index (κ2) is 10.1. The Labute approximate surface area is 215 Å². The molecule has 3 aliphatic rings. The molecule has 3 aliphatic heterocycles. The first-order valence-corrected chi connectivity index (χ1v) is 14.2. The number of amides is 4. The molecule has 2 saturated heterocycles. The minimum atomic E-state index is -3.12. The molecule has 0 unspecified atom stereocenters. The summed E-state index contributed by atoms with van der Waals surface area (Å²) in [7, 11) is -3.12. The van der Waals surface area contributed by atoms with Crippen molar-refractivity contribution in [3.05, 3.63) is 65.0 Å². The molecule has 5 rings (SSSR count). The van der Waals surface area contributed by atoms with Crippen molar-refractivity contribution in [3.63, 3.8) is 0 Å². The molecule has 2 fully saturated rings. The summed E-state index contributed by atoms with van der Waals surface area (Å²) >= 11 is 0. The zero-order valence-electron chi connectivity index (χ0n) is 20.4. The highest BCUT2D eigenvalue weighted by molar-refractivity contribution is 7.91. The molecule has 0 bridgehead atoms. The molecule has 4 amide bonds. The Morgan fingerprint density at radius 3 is 2.03 bits per heavy atom. The summed E-state index contributed by atoms with van der Waals surface area (Å²) in [5.74, 6) is -1.47. The van der Waals surface area contributed by atoms with Gasteiger partial charge in [-0.05, 0) is 59.7 Å². The number of nitrogens with one attached hydrogen (secondary N) is 1. The monoisotopic (exact) mass is 528 g/mol. The number of carbonyl (C=O) groups is 3. The second-order valence-electron chi connectivity index (χ2n) is 9.83. The van der Waals surface area contributed by atoms with Gasteiger partial charge in [0.25, 0.3) is 0 Å². The largest absolute Gasteiger partial charge is 0.334 e. The third kappa shape index (κ3) is 5.61. The maximum absolute atomic E-state index is 13.5. The van der Waals surface area contributed by atoms with Gasteiger partial charge in [-0.15, -0.1) is 0 Å². The lowest BCUT2D eigenvalue weighted by molar-refractivity contribution is -0.152. The first-order chi connectivity index (χ1) is 17.7. The molecule has 11 heteroatoms. The van der Waals surface area contributed by atoms with Crippen molar-refractivity contribution in [1.29, 1.82) is 0 Å². The summed E-state index contributed by atoms with van der Waals surface area (Å²) in [5.41, 5.74) is 3.53. The molecule has 2 aromatic carbocycles. The number of sulfone groups is 1. The van der Waals surface area contributed by atoms with Crippen molar-refractivity contribution >= 4 is 33.4 Å². The van der Waals surface area contributed by atoms with Crippen LogP contribution in [0.1, 0.15) is 35.4 Å². The number of hydrogen-bond acceptors (Lipinski definition) is 5. The first kappa shape index (κ1) is 25.2. The number of fused-ring (bicyclic) bond motifs is 1. The molecule has 0 radical (unpaired) electrons. The van der Waals surface area contributed by atoms with E-state index in [9.17, 15) is 27.2 Å². The van der Waals surface area contributed by atoms with Gasteiger partial charge >= 0.3 is 17.8 Å². The number of anilines is 1. The molecule has 196 valence electrons. The zero-order chi connectivity index (χ0) is 26.2. The minimum absolute atomic E-state index is 0.0650. The van der Waals surface area contributed by atoms with Crippen LogP contribution in [0, 0.1) is 5.82 Å². The van der Waals surface area contributed by atoms with Gasteiger partial charge < -0.3 is 20.0 Å². The molecular weight excluding hydrogens is 499 g/mol. The predicted octanol–water partition coefficient (Wildman–Crippen LogP) is 2.34. The highest BCUT2D eigenvalue weighted by Crippen LogP contribution is 2.30. The minimum Gasteiger partial charge on any atom is -0.334 e. The average Bonchev–Trinajstić information content (AvgIpc) is 3.32. The topological polar surface area (TPSA) is 107 Å². The van der Waals surface area contributed by atoms with E-state index in [1.165, 1.54) is 17.0 Å². The molecule has 0 atom stereocenters.